The number of esters is 1. The number of aliphatic hydroxyl groups excluding tert-OH is 2. The fourth-order valence-electron chi connectivity index (χ4n) is 13.0. The summed E-state index contributed by atoms with van der Waals surface area (Å²) in [5.74, 6) is -0.0381. The Kier molecular flexibility index (Phi) is 76.3. The monoisotopic (exact) mass is 1240 g/mol. The fourth-order valence-corrected chi connectivity index (χ4v) is 13.0. The van der Waals surface area contributed by atoms with E-state index < -0.39 is 12.1 Å². The number of hydrogen-bond acceptors (Lipinski definition) is 5. The van der Waals surface area contributed by atoms with Gasteiger partial charge in [-0.3, -0.25) is 9.59 Å². The molecule has 0 bridgehead atoms. The average molecular weight is 1240 g/mol. The van der Waals surface area contributed by atoms with E-state index in [2.05, 4.69) is 31.3 Å². The number of ether oxygens (including phenoxy) is 1. The van der Waals surface area contributed by atoms with Crippen LogP contribution in [0.15, 0.2) is 24.3 Å². The number of amides is 1. The number of carbonyl (C=O) groups is 2. The van der Waals surface area contributed by atoms with Crippen molar-refractivity contribution in [2.75, 3.05) is 13.2 Å². The summed E-state index contributed by atoms with van der Waals surface area (Å²) in [6, 6.07) is -0.624. The molecule has 6 nitrogen and oxygen atoms in total. The van der Waals surface area contributed by atoms with Gasteiger partial charge in [-0.1, -0.05) is 417 Å². The molecule has 0 aromatic heterocycles. The van der Waals surface area contributed by atoms with Gasteiger partial charge in [-0.15, -0.1) is 0 Å². The molecule has 0 heterocycles. The predicted molar refractivity (Wildman–Crippen MR) is 389 cm³/mol. The Morgan fingerprint density at radius 3 is 0.807 bits per heavy atom. The normalized spacial score (nSPS) is 12.5. The average Bonchev–Trinajstić information content (AvgIpc) is 3.58. The van der Waals surface area contributed by atoms with E-state index in [1.807, 2.05) is 6.08 Å². The first-order chi connectivity index (χ1) is 43.5. The van der Waals surface area contributed by atoms with Crippen molar-refractivity contribution in [3.8, 4) is 0 Å². The summed E-state index contributed by atoms with van der Waals surface area (Å²) >= 11 is 0. The van der Waals surface area contributed by atoms with Crippen molar-refractivity contribution in [3.63, 3.8) is 0 Å². The zero-order valence-corrected chi connectivity index (χ0v) is 60.0. The minimum atomic E-state index is -0.841. The molecule has 0 saturated heterocycles. The van der Waals surface area contributed by atoms with Crippen molar-refractivity contribution < 1.29 is 24.5 Å². The van der Waals surface area contributed by atoms with E-state index in [4.69, 9.17) is 4.74 Å². The molecule has 2 atom stereocenters. The van der Waals surface area contributed by atoms with Gasteiger partial charge in [-0.25, -0.2) is 0 Å². The molecule has 0 aliphatic rings. The van der Waals surface area contributed by atoms with Crippen LogP contribution in [0.3, 0.4) is 0 Å². The third-order valence-electron chi connectivity index (χ3n) is 19.2. The number of aliphatic hydroxyl groups is 2. The minimum absolute atomic E-state index is 0.0200. The number of nitrogens with one attached hydrogen (secondary N) is 1. The highest BCUT2D eigenvalue weighted by molar-refractivity contribution is 5.76. The summed E-state index contributed by atoms with van der Waals surface area (Å²) in [5, 5.41) is 23.3. The zero-order chi connectivity index (χ0) is 63.5. The van der Waals surface area contributed by atoms with Gasteiger partial charge in [0.15, 0.2) is 0 Å². The maximum atomic E-state index is 12.5. The molecule has 2 unspecified atom stereocenters. The molecular weight excluding hydrogens is 1080 g/mol. The van der Waals surface area contributed by atoms with Gasteiger partial charge in [0.25, 0.3) is 0 Å². The number of hydrogen-bond donors (Lipinski definition) is 3. The second kappa shape index (κ2) is 77.8. The molecule has 522 valence electrons. The van der Waals surface area contributed by atoms with Crippen LogP contribution in [-0.4, -0.2) is 47.4 Å². The number of allylic oxidation sites excluding steroid dienone is 3. The first-order valence-corrected chi connectivity index (χ1v) is 40.6. The third-order valence-corrected chi connectivity index (χ3v) is 19.2. The molecule has 0 radical (unpaired) electrons. The molecule has 0 rings (SSSR count). The summed E-state index contributed by atoms with van der Waals surface area (Å²) in [7, 11) is 0. The number of rotatable bonds is 77. The Bertz CT molecular complexity index is 1380. The van der Waals surface area contributed by atoms with Crippen molar-refractivity contribution in [3.05, 3.63) is 24.3 Å². The van der Waals surface area contributed by atoms with Gasteiger partial charge >= 0.3 is 5.97 Å². The first kappa shape index (κ1) is 86.3. The first-order valence-electron chi connectivity index (χ1n) is 40.6. The van der Waals surface area contributed by atoms with E-state index in [9.17, 15) is 19.8 Å². The largest absolute Gasteiger partial charge is 0.466 e. The van der Waals surface area contributed by atoms with Crippen LogP contribution in [0.5, 0.6) is 0 Å². The van der Waals surface area contributed by atoms with Crippen LogP contribution in [0.4, 0.5) is 0 Å². The Morgan fingerprint density at radius 2 is 0.534 bits per heavy atom. The van der Waals surface area contributed by atoms with Gasteiger partial charge in [0.05, 0.1) is 25.4 Å². The third kappa shape index (κ3) is 73.4. The van der Waals surface area contributed by atoms with E-state index in [1.165, 1.54) is 398 Å². The summed E-state index contributed by atoms with van der Waals surface area (Å²) in [6.45, 7) is 4.95. The lowest BCUT2D eigenvalue weighted by atomic mass is 10.0. The molecule has 0 aromatic carbocycles. The van der Waals surface area contributed by atoms with E-state index in [1.54, 1.807) is 6.08 Å². The molecule has 6 heteroatoms. The summed E-state index contributed by atoms with van der Waals surface area (Å²) in [4.78, 5) is 24.6. The lowest BCUT2D eigenvalue weighted by Crippen LogP contribution is -2.45. The van der Waals surface area contributed by atoms with Crippen LogP contribution in [0, 0.1) is 0 Å². The van der Waals surface area contributed by atoms with Gasteiger partial charge in [0, 0.05) is 12.8 Å². The molecule has 0 spiro atoms. The maximum Gasteiger partial charge on any atom is 0.305 e. The molecule has 0 aliphatic carbocycles. The number of carbonyl (C=O) groups excluding carboxylic acids is 2. The van der Waals surface area contributed by atoms with Crippen molar-refractivity contribution in [2.45, 2.75) is 475 Å². The van der Waals surface area contributed by atoms with E-state index in [-0.39, 0.29) is 18.5 Å². The van der Waals surface area contributed by atoms with Gasteiger partial charge in [-0.05, 0) is 57.8 Å². The lowest BCUT2D eigenvalue weighted by Gasteiger charge is -2.20. The van der Waals surface area contributed by atoms with Gasteiger partial charge in [0.2, 0.25) is 5.91 Å². The molecule has 0 fully saturated rings. The standard InChI is InChI=1S/C82H159NO5/c1-3-5-7-9-11-13-15-17-19-21-39-43-46-50-54-58-62-66-70-74-80(85)79(78-84)83-81(86)75-71-67-63-59-55-51-47-44-40-37-35-33-31-29-27-25-23-22-24-26-28-30-32-34-36-38-41-45-49-53-57-61-65-69-73-77-88-82(87)76-72-68-64-60-56-52-48-42-20-18-16-14-12-10-8-6-4-2/h18,20,70,74,79-80,84-85H,3-17,19,21-69,71-73,75-78H2,1-2H3,(H,83,86)/b20-18-,74-70+. The molecule has 3 N–H and O–H groups in total. The minimum Gasteiger partial charge on any atom is -0.466 e. The maximum absolute atomic E-state index is 12.5. The quantitative estimate of drug-likeness (QED) is 0.0320. The Hall–Kier alpha value is -1.66. The van der Waals surface area contributed by atoms with Crippen molar-refractivity contribution in [2.24, 2.45) is 0 Å². The summed E-state index contributed by atoms with van der Waals surface area (Å²) in [5.41, 5.74) is 0. The molecule has 0 saturated carbocycles. The van der Waals surface area contributed by atoms with Crippen LogP contribution >= 0.6 is 0 Å². The molecule has 0 aliphatic heterocycles. The zero-order valence-electron chi connectivity index (χ0n) is 60.0. The van der Waals surface area contributed by atoms with Crippen LogP contribution in [0.25, 0.3) is 0 Å². The topological polar surface area (TPSA) is 95.9 Å². The molecule has 0 aromatic rings. The molecule has 1 amide bonds. The Labute approximate surface area is 551 Å². The highest BCUT2D eigenvalue weighted by atomic mass is 16.5. The highest BCUT2D eigenvalue weighted by Crippen LogP contribution is 2.20. The predicted octanol–water partition coefficient (Wildman–Crippen LogP) is 26.8. The number of unbranched alkanes of at least 4 members (excludes halogenated alkanes) is 64. The van der Waals surface area contributed by atoms with Crippen molar-refractivity contribution >= 4 is 11.9 Å². The second-order valence-electron chi connectivity index (χ2n) is 28.1. The highest BCUT2D eigenvalue weighted by Gasteiger charge is 2.18. The Balaban J connectivity index is 3.32. The van der Waals surface area contributed by atoms with E-state index >= 15 is 0 Å². The Morgan fingerprint density at radius 1 is 0.307 bits per heavy atom. The molecular formula is C82H159NO5. The smallest absolute Gasteiger partial charge is 0.305 e. The molecule has 88 heavy (non-hydrogen) atoms. The van der Waals surface area contributed by atoms with Crippen LogP contribution in [0.1, 0.15) is 463 Å². The second-order valence-corrected chi connectivity index (χ2v) is 28.1. The van der Waals surface area contributed by atoms with Crippen molar-refractivity contribution in [1.29, 1.82) is 0 Å². The lowest BCUT2D eigenvalue weighted by molar-refractivity contribution is -0.143. The van der Waals surface area contributed by atoms with E-state index in [0.29, 0.717) is 19.4 Å². The van der Waals surface area contributed by atoms with E-state index in [0.717, 1.165) is 38.5 Å². The van der Waals surface area contributed by atoms with Gasteiger partial charge < -0.3 is 20.3 Å². The van der Waals surface area contributed by atoms with Crippen molar-refractivity contribution in [1.82, 2.24) is 5.32 Å². The van der Waals surface area contributed by atoms with Crippen LogP contribution in [-0.2, 0) is 14.3 Å². The fraction of sp³-hybridized carbons (Fsp3) is 0.927. The summed E-state index contributed by atoms with van der Waals surface area (Å²) in [6.07, 6.45) is 100. The van der Waals surface area contributed by atoms with Crippen LogP contribution < -0.4 is 5.32 Å². The summed E-state index contributed by atoms with van der Waals surface area (Å²) < 4.78 is 5.51. The van der Waals surface area contributed by atoms with Gasteiger partial charge in [0.1, 0.15) is 0 Å². The van der Waals surface area contributed by atoms with Crippen LogP contribution in [0.2, 0.25) is 0 Å². The SMILES string of the molecule is CCCCCCCC/C=C\CCCCCCCCCC(=O)OCCCCCCCCCCCCCCCCCCCCCCCCCCCCCCCCCCCCCC(=O)NC(CO)C(O)/C=C/CCCCCCCCCCCCCCCCCCC. The van der Waals surface area contributed by atoms with Gasteiger partial charge in [-0.2, -0.15) is 0 Å².